The second kappa shape index (κ2) is 7.78. The van der Waals surface area contributed by atoms with Gasteiger partial charge in [0.2, 0.25) is 0 Å². The number of carbonyl (C=O) groups is 1. The summed E-state index contributed by atoms with van der Waals surface area (Å²) >= 11 is 0. The van der Waals surface area contributed by atoms with Gasteiger partial charge in [-0.1, -0.05) is 13.8 Å². The Labute approximate surface area is 136 Å². The molecule has 0 spiro atoms. The van der Waals surface area contributed by atoms with Crippen molar-refractivity contribution in [2.45, 2.75) is 85.5 Å². The van der Waals surface area contributed by atoms with E-state index in [1.54, 1.807) is 0 Å². The average molecular weight is 313 g/mol. The standard InChI is InChI=1S/C18H35NO3/c1-14(2)21-16(20)15(22-17(3,4)5)8-11-19-12-9-18(6,7)10-13-19/h14-15H,8-13H2,1-7H3/t15-/m0/s1. The quantitative estimate of drug-likeness (QED) is 0.702. The van der Waals surface area contributed by atoms with Gasteiger partial charge in [0.15, 0.2) is 6.10 Å². The van der Waals surface area contributed by atoms with Gasteiger partial charge in [-0.3, -0.25) is 0 Å². The van der Waals surface area contributed by atoms with Crippen molar-refractivity contribution >= 4 is 5.97 Å². The Balaban J connectivity index is 2.52. The van der Waals surface area contributed by atoms with Gasteiger partial charge < -0.3 is 14.4 Å². The van der Waals surface area contributed by atoms with E-state index in [1.807, 2.05) is 34.6 Å². The Hall–Kier alpha value is -0.610. The van der Waals surface area contributed by atoms with Crippen LogP contribution in [0.25, 0.3) is 0 Å². The van der Waals surface area contributed by atoms with Crippen molar-refractivity contribution in [1.82, 2.24) is 4.90 Å². The lowest BCUT2D eigenvalue weighted by Gasteiger charge is -2.37. The van der Waals surface area contributed by atoms with E-state index in [1.165, 1.54) is 12.8 Å². The van der Waals surface area contributed by atoms with Gasteiger partial charge in [-0.05, 0) is 72.4 Å². The van der Waals surface area contributed by atoms with Crippen molar-refractivity contribution < 1.29 is 14.3 Å². The van der Waals surface area contributed by atoms with Gasteiger partial charge in [-0.15, -0.1) is 0 Å². The summed E-state index contributed by atoms with van der Waals surface area (Å²) in [5.74, 6) is -0.234. The molecular formula is C18H35NO3. The molecule has 0 aliphatic carbocycles. The maximum Gasteiger partial charge on any atom is 0.335 e. The highest BCUT2D eigenvalue weighted by Crippen LogP contribution is 2.29. The minimum atomic E-state index is -0.475. The predicted octanol–water partition coefficient (Wildman–Crippen LogP) is 3.63. The molecule has 0 aromatic carbocycles. The van der Waals surface area contributed by atoms with Crippen LogP contribution in [0.1, 0.15) is 67.7 Å². The lowest BCUT2D eigenvalue weighted by atomic mass is 9.82. The molecule has 1 saturated heterocycles. The smallest absolute Gasteiger partial charge is 0.335 e. The van der Waals surface area contributed by atoms with E-state index in [0.29, 0.717) is 11.8 Å². The van der Waals surface area contributed by atoms with Crippen molar-refractivity contribution in [2.75, 3.05) is 19.6 Å². The Kier molecular flexibility index (Phi) is 6.87. The Morgan fingerprint density at radius 3 is 2.18 bits per heavy atom. The minimum absolute atomic E-state index is 0.102. The fraction of sp³-hybridized carbons (Fsp3) is 0.944. The summed E-state index contributed by atoms with van der Waals surface area (Å²) in [5, 5.41) is 0. The number of rotatable bonds is 6. The Morgan fingerprint density at radius 1 is 1.18 bits per heavy atom. The molecule has 1 fully saturated rings. The van der Waals surface area contributed by atoms with E-state index in [2.05, 4.69) is 18.7 Å². The third-order valence-corrected chi connectivity index (χ3v) is 4.03. The van der Waals surface area contributed by atoms with Crippen LogP contribution < -0.4 is 0 Å². The molecule has 0 unspecified atom stereocenters. The average Bonchev–Trinajstić information content (AvgIpc) is 2.33. The molecule has 4 heteroatoms. The maximum atomic E-state index is 12.2. The van der Waals surface area contributed by atoms with Crippen molar-refractivity contribution in [1.29, 1.82) is 0 Å². The highest BCUT2D eigenvalue weighted by molar-refractivity contribution is 5.74. The second-order valence-electron chi connectivity index (χ2n) is 8.50. The number of piperidine rings is 1. The first-order valence-electron chi connectivity index (χ1n) is 8.59. The summed E-state index contributed by atoms with van der Waals surface area (Å²) in [4.78, 5) is 14.7. The number of likely N-dealkylation sites (tertiary alicyclic amines) is 1. The number of esters is 1. The fourth-order valence-corrected chi connectivity index (χ4v) is 2.64. The summed E-state index contributed by atoms with van der Waals surface area (Å²) in [7, 11) is 0. The third-order valence-electron chi connectivity index (χ3n) is 4.03. The fourth-order valence-electron chi connectivity index (χ4n) is 2.64. The molecule has 0 bridgehead atoms. The topological polar surface area (TPSA) is 38.8 Å². The van der Waals surface area contributed by atoms with Crippen molar-refractivity contribution in [2.24, 2.45) is 5.41 Å². The molecule has 0 aromatic heterocycles. The van der Waals surface area contributed by atoms with E-state index in [-0.39, 0.29) is 17.7 Å². The first-order valence-corrected chi connectivity index (χ1v) is 8.59. The van der Waals surface area contributed by atoms with E-state index >= 15 is 0 Å². The Bertz CT molecular complexity index is 348. The molecule has 0 amide bonds. The number of nitrogens with zero attached hydrogens (tertiary/aromatic N) is 1. The van der Waals surface area contributed by atoms with Gasteiger partial charge in [0.25, 0.3) is 0 Å². The molecule has 1 rings (SSSR count). The monoisotopic (exact) mass is 313 g/mol. The normalized spacial score (nSPS) is 20.9. The zero-order chi connectivity index (χ0) is 17.0. The van der Waals surface area contributed by atoms with Crippen LogP contribution >= 0.6 is 0 Å². The molecule has 1 atom stereocenters. The van der Waals surface area contributed by atoms with E-state index < -0.39 is 6.10 Å². The molecular weight excluding hydrogens is 278 g/mol. The van der Waals surface area contributed by atoms with Gasteiger partial charge in [0, 0.05) is 6.54 Å². The van der Waals surface area contributed by atoms with Crippen LogP contribution in [0, 0.1) is 5.41 Å². The van der Waals surface area contributed by atoms with Crippen molar-refractivity contribution in [3.8, 4) is 0 Å². The molecule has 22 heavy (non-hydrogen) atoms. The van der Waals surface area contributed by atoms with Crippen LogP contribution in [0.2, 0.25) is 0 Å². The first kappa shape index (κ1) is 19.4. The molecule has 1 heterocycles. The number of hydrogen-bond acceptors (Lipinski definition) is 4. The van der Waals surface area contributed by atoms with Gasteiger partial charge >= 0.3 is 5.97 Å². The molecule has 0 N–H and O–H groups in total. The van der Waals surface area contributed by atoms with Crippen molar-refractivity contribution in [3.63, 3.8) is 0 Å². The first-order chi connectivity index (χ1) is 9.98. The summed E-state index contributed by atoms with van der Waals surface area (Å²) < 4.78 is 11.3. The van der Waals surface area contributed by atoms with Crippen LogP contribution in [0.4, 0.5) is 0 Å². The predicted molar refractivity (Wildman–Crippen MR) is 89.9 cm³/mol. The Morgan fingerprint density at radius 2 is 1.73 bits per heavy atom. The molecule has 0 saturated carbocycles. The lowest BCUT2D eigenvalue weighted by Crippen LogP contribution is -2.41. The molecule has 130 valence electrons. The summed E-state index contributed by atoms with van der Waals surface area (Å²) in [6.45, 7) is 17.4. The molecule has 0 radical (unpaired) electrons. The van der Waals surface area contributed by atoms with Crippen LogP contribution in [0.3, 0.4) is 0 Å². The summed E-state index contributed by atoms with van der Waals surface area (Å²) in [6, 6.07) is 0. The number of hydrogen-bond donors (Lipinski definition) is 0. The minimum Gasteiger partial charge on any atom is -0.461 e. The summed E-state index contributed by atoms with van der Waals surface area (Å²) in [6.07, 6.45) is 2.55. The van der Waals surface area contributed by atoms with Gasteiger partial charge in [-0.2, -0.15) is 0 Å². The molecule has 0 aromatic rings. The maximum absolute atomic E-state index is 12.2. The highest BCUT2D eigenvalue weighted by Gasteiger charge is 2.30. The van der Waals surface area contributed by atoms with Gasteiger partial charge in [-0.25, -0.2) is 4.79 Å². The zero-order valence-electron chi connectivity index (χ0n) is 15.6. The largest absolute Gasteiger partial charge is 0.461 e. The van der Waals surface area contributed by atoms with Crippen LogP contribution in [0.5, 0.6) is 0 Å². The molecule has 1 aliphatic heterocycles. The lowest BCUT2D eigenvalue weighted by molar-refractivity contribution is -0.171. The van der Waals surface area contributed by atoms with E-state index in [4.69, 9.17) is 9.47 Å². The number of carbonyl (C=O) groups excluding carboxylic acids is 1. The van der Waals surface area contributed by atoms with E-state index in [9.17, 15) is 4.79 Å². The third kappa shape index (κ3) is 7.59. The zero-order valence-corrected chi connectivity index (χ0v) is 15.6. The highest BCUT2D eigenvalue weighted by atomic mass is 16.6. The molecule has 1 aliphatic rings. The van der Waals surface area contributed by atoms with Crippen LogP contribution in [-0.4, -0.2) is 48.3 Å². The van der Waals surface area contributed by atoms with E-state index in [0.717, 1.165) is 19.6 Å². The molecule has 4 nitrogen and oxygen atoms in total. The van der Waals surface area contributed by atoms with Crippen LogP contribution in [-0.2, 0) is 14.3 Å². The van der Waals surface area contributed by atoms with Crippen LogP contribution in [0.15, 0.2) is 0 Å². The van der Waals surface area contributed by atoms with Gasteiger partial charge in [0.05, 0.1) is 11.7 Å². The van der Waals surface area contributed by atoms with Gasteiger partial charge in [0.1, 0.15) is 0 Å². The van der Waals surface area contributed by atoms with Crippen molar-refractivity contribution in [3.05, 3.63) is 0 Å². The summed E-state index contributed by atoms with van der Waals surface area (Å²) in [5.41, 5.74) is 0.110. The number of ether oxygens (including phenoxy) is 2. The second-order valence-corrected chi connectivity index (χ2v) is 8.50. The SMILES string of the molecule is CC(C)OC(=O)[C@H](CCN1CCC(C)(C)CC1)OC(C)(C)C.